The van der Waals surface area contributed by atoms with Crippen LogP contribution < -0.4 is 26.2 Å². The van der Waals surface area contributed by atoms with Crippen LogP contribution in [-0.4, -0.2) is 49.7 Å². The number of rotatable bonds is 8. The van der Waals surface area contributed by atoms with Crippen molar-refractivity contribution in [2.24, 2.45) is 5.92 Å². The highest BCUT2D eigenvalue weighted by molar-refractivity contribution is 7.10. The summed E-state index contributed by atoms with van der Waals surface area (Å²) in [6.45, 7) is 4.12. The van der Waals surface area contributed by atoms with Gasteiger partial charge in [0.05, 0.1) is 17.1 Å². The number of anilines is 5. The highest BCUT2D eigenvalue weighted by Crippen LogP contribution is 2.32. The number of urea groups is 2. The zero-order chi connectivity index (χ0) is 35.6. The lowest BCUT2D eigenvalue weighted by Crippen LogP contribution is -2.31. The van der Waals surface area contributed by atoms with Crippen LogP contribution in [0.5, 0.6) is 0 Å². The minimum atomic E-state index is -0.547. The Morgan fingerprint density at radius 2 is 1.49 bits per heavy atom. The summed E-state index contributed by atoms with van der Waals surface area (Å²) in [5, 5.41) is 11.7. The van der Waals surface area contributed by atoms with E-state index in [9.17, 15) is 18.8 Å². The molecule has 1 aliphatic carbocycles. The zero-order valence-corrected chi connectivity index (χ0v) is 29.7. The van der Waals surface area contributed by atoms with Crippen molar-refractivity contribution >= 4 is 68.2 Å². The molecule has 4 N–H and O–H groups in total. The Morgan fingerprint density at radius 3 is 2.22 bits per heavy atom. The molecular formula is C36H38FN9O3S2. The molecule has 51 heavy (non-hydrogen) atoms. The number of nitrogens with zero attached hydrogens (tertiary/aromatic N) is 5. The van der Waals surface area contributed by atoms with E-state index in [1.165, 1.54) is 60.9 Å². The summed E-state index contributed by atoms with van der Waals surface area (Å²) in [6.07, 6.45) is 8.61. The Kier molecular flexibility index (Phi) is 11.9. The van der Waals surface area contributed by atoms with Crippen molar-refractivity contribution in [2.45, 2.75) is 51.9 Å². The molecule has 2 fully saturated rings. The summed E-state index contributed by atoms with van der Waals surface area (Å²) < 4.78 is 21.6. The maximum absolute atomic E-state index is 13.5. The summed E-state index contributed by atoms with van der Waals surface area (Å²) >= 11 is 2.21. The summed E-state index contributed by atoms with van der Waals surface area (Å²) in [5.41, 5.74) is 4.52. The van der Waals surface area contributed by atoms with Crippen LogP contribution in [0.25, 0.3) is 11.4 Å². The van der Waals surface area contributed by atoms with Crippen LogP contribution in [-0.2, 0) is 0 Å². The third-order valence-electron chi connectivity index (χ3n) is 8.58. The van der Waals surface area contributed by atoms with Crippen LogP contribution in [0.3, 0.4) is 0 Å². The molecule has 0 unspecified atom stereocenters. The van der Waals surface area contributed by atoms with Crippen LogP contribution in [0.2, 0.25) is 0 Å². The minimum Gasteiger partial charge on any atom is -0.370 e. The van der Waals surface area contributed by atoms with E-state index in [-0.39, 0.29) is 23.3 Å². The van der Waals surface area contributed by atoms with Gasteiger partial charge in [-0.1, -0.05) is 49.2 Å². The Balaban J connectivity index is 0.000000179. The quantitative estimate of drug-likeness (QED) is 0.116. The molecule has 2 aliphatic rings. The number of benzene rings is 3. The molecule has 7 rings (SSSR count). The van der Waals surface area contributed by atoms with E-state index in [4.69, 9.17) is 0 Å². The van der Waals surface area contributed by atoms with Gasteiger partial charge in [0.2, 0.25) is 10.3 Å². The van der Waals surface area contributed by atoms with E-state index < -0.39 is 11.8 Å². The van der Waals surface area contributed by atoms with Gasteiger partial charge in [-0.25, -0.2) is 19.0 Å². The van der Waals surface area contributed by atoms with Crippen molar-refractivity contribution in [3.05, 3.63) is 90.0 Å². The Bertz CT molecular complexity index is 1940. The van der Waals surface area contributed by atoms with Gasteiger partial charge in [0.15, 0.2) is 11.6 Å². The molecule has 0 radical (unpaired) electrons. The summed E-state index contributed by atoms with van der Waals surface area (Å²) in [4.78, 5) is 47.7. The first-order valence-electron chi connectivity index (χ1n) is 16.8. The summed E-state index contributed by atoms with van der Waals surface area (Å²) in [6, 6.07) is 18.8. The number of Topliss-reactive ketones (excluding diaryl/α,β-unsaturated/α-hetero) is 1. The van der Waals surface area contributed by atoms with E-state index in [2.05, 4.69) is 57.9 Å². The molecule has 3 heterocycles. The van der Waals surface area contributed by atoms with Crippen molar-refractivity contribution in [1.29, 1.82) is 0 Å². The fraction of sp³-hybridized carbons (Fsp3) is 0.306. The lowest BCUT2D eigenvalue weighted by Gasteiger charge is -2.30. The molecule has 0 atom stereocenters. The lowest BCUT2D eigenvalue weighted by atomic mass is 9.95. The van der Waals surface area contributed by atoms with Gasteiger partial charge in [-0.15, -0.1) is 0 Å². The second-order valence-electron chi connectivity index (χ2n) is 12.3. The number of aryl methyl sites for hydroxylation is 1. The number of halogens is 1. The van der Waals surface area contributed by atoms with Crippen LogP contribution in [0.1, 0.15) is 60.9 Å². The van der Waals surface area contributed by atoms with Crippen molar-refractivity contribution in [2.75, 3.05) is 39.3 Å². The number of ketones is 1. The van der Waals surface area contributed by atoms with E-state index in [0.29, 0.717) is 21.8 Å². The highest BCUT2D eigenvalue weighted by atomic mass is 32.1. The maximum Gasteiger partial charge on any atom is 0.325 e. The van der Waals surface area contributed by atoms with Crippen molar-refractivity contribution in [1.82, 2.24) is 18.7 Å². The summed E-state index contributed by atoms with van der Waals surface area (Å²) in [7, 11) is 0. The molecule has 4 amide bonds. The van der Waals surface area contributed by atoms with Crippen molar-refractivity contribution in [3.8, 4) is 11.4 Å². The highest BCUT2D eigenvalue weighted by Gasteiger charge is 2.26. The minimum absolute atomic E-state index is 0.0939. The van der Waals surface area contributed by atoms with Crippen LogP contribution >= 0.6 is 23.1 Å². The van der Waals surface area contributed by atoms with E-state index in [0.717, 1.165) is 67.2 Å². The molecule has 1 aliphatic heterocycles. The van der Waals surface area contributed by atoms with Gasteiger partial charge in [-0.2, -0.15) is 13.7 Å². The van der Waals surface area contributed by atoms with Gasteiger partial charge in [-0.05, 0) is 74.9 Å². The Hall–Kier alpha value is -5.28. The Morgan fingerprint density at radius 1 is 0.784 bits per heavy atom. The fourth-order valence-corrected chi connectivity index (χ4v) is 7.10. The largest absolute Gasteiger partial charge is 0.370 e. The molecule has 5 aromatic rings. The second-order valence-corrected chi connectivity index (χ2v) is 13.8. The molecule has 0 spiro atoms. The van der Waals surface area contributed by atoms with E-state index in [1.807, 2.05) is 42.5 Å². The number of carbonyl (C=O) groups is 3. The smallest absolute Gasteiger partial charge is 0.325 e. The predicted octanol–water partition coefficient (Wildman–Crippen LogP) is 8.84. The molecule has 12 nitrogen and oxygen atoms in total. The average Bonchev–Trinajstić information content (AvgIpc) is 3.95. The summed E-state index contributed by atoms with van der Waals surface area (Å²) in [5.74, 6) is -0.0940. The SMILES string of the molecule is Cc1ccc(NC(=O)Nc2nc(-c3ccccc3)ns2)c(N2CCCCC2)c1.O=C(Nc1ncns1)Nc1ccc(F)cc1C(=O)C1CCCC1. The van der Waals surface area contributed by atoms with Crippen LogP contribution in [0, 0.1) is 18.7 Å². The van der Waals surface area contributed by atoms with Gasteiger partial charge < -0.3 is 15.5 Å². The third-order valence-corrected chi connectivity index (χ3v) is 9.79. The molecule has 3 aromatic carbocycles. The number of aromatic nitrogens is 4. The van der Waals surface area contributed by atoms with Gasteiger partial charge in [0, 0.05) is 53.2 Å². The van der Waals surface area contributed by atoms with Gasteiger partial charge in [-0.3, -0.25) is 15.4 Å². The number of amides is 4. The fourth-order valence-electron chi connectivity index (χ4n) is 6.09. The standard InChI is InChI=1S/C21H23N5OS.C15H15FN4O2S/c1-15-10-11-17(18(14-15)26-12-6-3-7-13-26)22-20(27)24-21-23-19(25-28-21)16-8-4-2-5-9-16;16-10-5-6-12(19-14(22)20-15-17-8-18-23-15)11(7-10)13(21)9-3-1-2-4-9/h2,4-5,8-11,14H,3,6-7,12-13H2,1H3,(H2,22,23,24,25,27);5-9H,1-4H2,(H2,17,18,19,20,22). The van der Waals surface area contributed by atoms with Gasteiger partial charge >= 0.3 is 12.1 Å². The van der Waals surface area contributed by atoms with Crippen molar-refractivity contribution < 1.29 is 18.8 Å². The molecule has 2 aromatic heterocycles. The average molecular weight is 728 g/mol. The first-order chi connectivity index (χ1) is 24.8. The first-order valence-corrected chi connectivity index (χ1v) is 18.4. The molecule has 1 saturated heterocycles. The first kappa shape index (κ1) is 35.5. The molecule has 264 valence electrons. The molecule has 0 bridgehead atoms. The second kappa shape index (κ2) is 17.1. The maximum atomic E-state index is 13.5. The normalized spacial score (nSPS) is 14.3. The number of hydrogen-bond donors (Lipinski definition) is 4. The molecular weight excluding hydrogens is 690 g/mol. The van der Waals surface area contributed by atoms with E-state index >= 15 is 0 Å². The number of nitrogens with one attached hydrogen (secondary N) is 4. The Labute approximate surface area is 303 Å². The molecule has 15 heteroatoms. The lowest BCUT2D eigenvalue weighted by molar-refractivity contribution is 0.0923. The zero-order valence-electron chi connectivity index (χ0n) is 28.0. The monoisotopic (exact) mass is 727 g/mol. The number of carbonyl (C=O) groups excluding carboxylic acids is 3. The van der Waals surface area contributed by atoms with Gasteiger partial charge in [0.1, 0.15) is 12.1 Å². The van der Waals surface area contributed by atoms with Gasteiger partial charge in [0.25, 0.3) is 0 Å². The third kappa shape index (κ3) is 9.70. The van der Waals surface area contributed by atoms with Crippen LogP contribution in [0.15, 0.2) is 73.1 Å². The van der Waals surface area contributed by atoms with E-state index in [1.54, 1.807) is 0 Å². The topological polar surface area (TPSA) is 154 Å². The predicted molar refractivity (Wildman–Crippen MR) is 200 cm³/mol. The van der Waals surface area contributed by atoms with Crippen molar-refractivity contribution in [3.63, 3.8) is 0 Å². The van der Waals surface area contributed by atoms with Crippen LogP contribution in [0.4, 0.5) is 41.3 Å². The number of piperidine rings is 1. The number of hydrogen-bond acceptors (Lipinski definition) is 10. The molecule has 1 saturated carbocycles.